The van der Waals surface area contributed by atoms with Gasteiger partial charge in [0.2, 0.25) is 5.88 Å². The molecule has 2 aromatic rings. The maximum absolute atomic E-state index is 6.37. The number of nitrogens with zero attached hydrogens (tertiary/aromatic N) is 3. The highest BCUT2D eigenvalue weighted by atomic mass is 32.2. The molecule has 1 spiro atoms. The summed E-state index contributed by atoms with van der Waals surface area (Å²) >= 11 is 3.64. The van der Waals surface area contributed by atoms with Gasteiger partial charge in [0, 0.05) is 43.1 Å². The second-order valence-electron chi connectivity index (χ2n) is 9.12. The first-order valence-electron chi connectivity index (χ1n) is 10.7. The summed E-state index contributed by atoms with van der Waals surface area (Å²) in [6, 6.07) is 8.53. The van der Waals surface area contributed by atoms with Crippen LogP contribution < -0.4 is 14.4 Å². The summed E-state index contributed by atoms with van der Waals surface area (Å²) in [5, 5.41) is 0.907. The number of benzene rings is 1. The average molecular weight is 443 g/mol. The van der Waals surface area contributed by atoms with E-state index in [1.165, 1.54) is 31.5 Å². The lowest BCUT2D eigenvalue weighted by molar-refractivity contribution is 0.0470. The van der Waals surface area contributed by atoms with Gasteiger partial charge < -0.3 is 14.4 Å². The van der Waals surface area contributed by atoms with Gasteiger partial charge in [-0.05, 0) is 56.9 Å². The first-order chi connectivity index (χ1) is 14.4. The highest BCUT2D eigenvalue weighted by molar-refractivity contribution is 7.99. The largest absolute Gasteiger partial charge is 0.436 e. The van der Waals surface area contributed by atoms with Crippen molar-refractivity contribution in [3.8, 4) is 11.6 Å². The molecule has 7 heteroatoms. The van der Waals surface area contributed by atoms with E-state index in [0.29, 0.717) is 11.3 Å². The van der Waals surface area contributed by atoms with E-state index >= 15 is 0 Å². The van der Waals surface area contributed by atoms with E-state index in [1.54, 1.807) is 11.9 Å². The van der Waals surface area contributed by atoms with Crippen LogP contribution in [0.1, 0.15) is 29.5 Å². The first kappa shape index (κ1) is 20.3. The van der Waals surface area contributed by atoms with Crippen LogP contribution >= 0.6 is 23.9 Å². The molecule has 160 valence electrons. The molecule has 2 saturated heterocycles. The van der Waals surface area contributed by atoms with E-state index in [0.717, 1.165) is 46.7 Å². The molecule has 1 aliphatic carbocycles. The molecule has 5 rings (SSSR count). The maximum Gasteiger partial charge on any atom is 0.245 e. The van der Waals surface area contributed by atoms with Crippen molar-refractivity contribution in [3.05, 3.63) is 41.0 Å². The Bertz CT molecular complexity index is 925. The second kappa shape index (κ2) is 7.84. The second-order valence-corrected chi connectivity index (χ2v) is 11.1. The van der Waals surface area contributed by atoms with E-state index in [-0.39, 0.29) is 0 Å². The summed E-state index contributed by atoms with van der Waals surface area (Å²) < 4.78 is 12.3. The molecule has 0 amide bonds. The Morgan fingerprint density at radius 2 is 1.77 bits per heavy atom. The van der Waals surface area contributed by atoms with Crippen molar-refractivity contribution in [3.63, 3.8) is 0 Å². The molecule has 1 saturated carbocycles. The molecule has 3 aliphatic rings. The summed E-state index contributed by atoms with van der Waals surface area (Å²) in [7, 11) is 0. The average Bonchev–Trinajstić information content (AvgIpc) is 3.44. The molecule has 0 unspecified atom stereocenters. The molecule has 3 fully saturated rings. The number of pyridine rings is 1. The smallest absolute Gasteiger partial charge is 0.245 e. The zero-order chi connectivity index (χ0) is 20.9. The van der Waals surface area contributed by atoms with Crippen molar-refractivity contribution in [2.75, 3.05) is 42.1 Å². The molecule has 1 aromatic heterocycles. The monoisotopic (exact) mass is 442 g/mol. The third-order valence-corrected chi connectivity index (χ3v) is 7.83. The van der Waals surface area contributed by atoms with E-state index in [1.807, 2.05) is 6.26 Å². The third-order valence-electron chi connectivity index (χ3n) is 6.08. The number of ether oxygens (including phenoxy) is 1. The normalized spacial score (nSPS) is 20.1. The van der Waals surface area contributed by atoms with Gasteiger partial charge in [-0.15, -0.1) is 0 Å². The van der Waals surface area contributed by atoms with Crippen molar-refractivity contribution in [2.24, 2.45) is 5.41 Å². The van der Waals surface area contributed by atoms with Crippen molar-refractivity contribution < 1.29 is 4.74 Å². The molecular weight excluding hydrogens is 412 g/mol. The molecular formula is C23H30N4OS2. The molecule has 3 heterocycles. The zero-order valence-electron chi connectivity index (χ0n) is 18.2. The van der Waals surface area contributed by atoms with Gasteiger partial charge in [0.15, 0.2) is 0 Å². The Morgan fingerprint density at radius 3 is 2.40 bits per heavy atom. The highest BCUT2D eigenvalue weighted by Gasteiger charge is 2.53. The van der Waals surface area contributed by atoms with Gasteiger partial charge in [0.1, 0.15) is 17.3 Å². The van der Waals surface area contributed by atoms with Gasteiger partial charge in [-0.25, -0.2) is 4.31 Å². The lowest BCUT2D eigenvalue weighted by Gasteiger charge is -2.60. The number of rotatable bonds is 7. The van der Waals surface area contributed by atoms with E-state index < -0.39 is 0 Å². The molecule has 2 aliphatic heterocycles. The fourth-order valence-electron chi connectivity index (χ4n) is 4.58. The summed E-state index contributed by atoms with van der Waals surface area (Å²) in [6.07, 6.45) is 4.83. The minimum atomic E-state index is 0.477. The van der Waals surface area contributed by atoms with Crippen LogP contribution in [0.3, 0.4) is 0 Å². The van der Waals surface area contributed by atoms with Crippen LogP contribution in [0.5, 0.6) is 11.6 Å². The fourth-order valence-corrected chi connectivity index (χ4v) is 6.42. The van der Waals surface area contributed by atoms with E-state index in [4.69, 9.17) is 9.72 Å². The van der Waals surface area contributed by atoms with Crippen LogP contribution in [0.15, 0.2) is 24.3 Å². The number of anilines is 2. The lowest BCUT2D eigenvalue weighted by atomic mass is 9.74. The van der Waals surface area contributed by atoms with Crippen LogP contribution in [-0.4, -0.2) is 47.0 Å². The number of aromatic nitrogens is 1. The Labute approximate surface area is 188 Å². The Hall–Kier alpha value is -1.57. The van der Waals surface area contributed by atoms with Crippen LogP contribution in [0.4, 0.5) is 11.5 Å². The fraction of sp³-hybridized carbons (Fsp3) is 0.522. The van der Waals surface area contributed by atoms with Gasteiger partial charge in [-0.2, -0.15) is 4.98 Å². The summed E-state index contributed by atoms with van der Waals surface area (Å²) in [5.74, 6) is 2.57. The number of hydrogen-bond acceptors (Lipinski definition) is 7. The van der Waals surface area contributed by atoms with Crippen molar-refractivity contribution in [2.45, 2.75) is 38.9 Å². The van der Waals surface area contributed by atoms with Crippen LogP contribution in [0.2, 0.25) is 0 Å². The summed E-state index contributed by atoms with van der Waals surface area (Å²) in [4.78, 5) is 7.32. The number of hydrogen-bond donors (Lipinski definition) is 1. The molecule has 5 nitrogen and oxygen atoms in total. The summed E-state index contributed by atoms with van der Waals surface area (Å²) in [6.45, 7) is 11.0. The SMILES string of the molecule is CSNc1ccc(N2CC3(CN(SC4CC4)C3)C2)nc1Oc1c(C)cc(C)cc1C. The van der Waals surface area contributed by atoms with Crippen LogP contribution in [0.25, 0.3) is 0 Å². The van der Waals surface area contributed by atoms with Gasteiger partial charge in [0.25, 0.3) is 0 Å². The standard InChI is InChI=1S/C23H30N4OS2/c1-15-9-16(2)21(17(3)10-15)28-22-19(25-29-4)7-8-20(24-22)26-11-23(12-26)13-27(14-23)30-18-5-6-18/h7-10,18,25H,5-6,11-14H2,1-4H3. The quantitative estimate of drug-likeness (QED) is 0.574. The highest BCUT2D eigenvalue weighted by Crippen LogP contribution is 2.48. The zero-order valence-corrected chi connectivity index (χ0v) is 19.8. The number of nitrogens with one attached hydrogen (secondary N) is 1. The van der Waals surface area contributed by atoms with E-state index in [9.17, 15) is 0 Å². The van der Waals surface area contributed by atoms with Gasteiger partial charge in [0.05, 0.1) is 0 Å². The van der Waals surface area contributed by atoms with Crippen LogP contribution in [0, 0.1) is 26.2 Å². The first-order valence-corrected chi connectivity index (χ1v) is 12.7. The Morgan fingerprint density at radius 1 is 1.07 bits per heavy atom. The molecule has 0 bridgehead atoms. The van der Waals surface area contributed by atoms with Crippen molar-refractivity contribution in [1.82, 2.24) is 9.29 Å². The minimum absolute atomic E-state index is 0.477. The molecule has 30 heavy (non-hydrogen) atoms. The van der Waals surface area contributed by atoms with E-state index in [2.05, 4.69) is 70.9 Å². The van der Waals surface area contributed by atoms with Gasteiger partial charge >= 0.3 is 0 Å². The predicted octanol–water partition coefficient (Wildman–Crippen LogP) is 5.42. The molecule has 0 radical (unpaired) electrons. The summed E-state index contributed by atoms with van der Waals surface area (Å²) in [5.41, 5.74) is 4.92. The van der Waals surface area contributed by atoms with Crippen molar-refractivity contribution >= 4 is 35.4 Å². The van der Waals surface area contributed by atoms with Gasteiger partial charge in [-0.1, -0.05) is 41.6 Å². The lowest BCUT2D eigenvalue weighted by Crippen LogP contribution is -2.71. The number of aryl methyl sites for hydroxylation is 3. The minimum Gasteiger partial charge on any atom is -0.436 e. The maximum atomic E-state index is 6.37. The van der Waals surface area contributed by atoms with Gasteiger partial charge in [-0.3, -0.25) is 0 Å². The Balaban J connectivity index is 1.31. The topological polar surface area (TPSA) is 40.6 Å². The molecule has 1 aromatic carbocycles. The molecule has 1 N–H and O–H groups in total. The third kappa shape index (κ3) is 3.99. The predicted molar refractivity (Wildman–Crippen MR) is 129 cm³/mol. The Kier molecular flexibility index (Phi) is 5.32. The van der Waals surface area contributed by atoms with Crippen molar-refractivity contribution in [1.29, 1.82) is 0 Å². The van der Waals surface area contributed by atoms with Crippen LogP contribution in [-0.2, 0) is 0 Å². The molecule has 0 atom stereocenters.